The lowest BCUT2D eigenvalue weighted by atomic mass is 10.1. The molecule has 6 nitrogen and oxygen atoms in total. The van der Waals surface area contributed by atoms with E-state index in [1.54, 1.807) is 31.2 Å². The van der Waals surface area contributed by atoms with Gasteiger partial charge in [-0.1, -0.05) is 37.3 Å². The third-order valence-corrected chi connectivity index (χ3v) is 5.96. The molecule has 0 radical (unpaired) electrons. The maximum atomic E-state index is 12.7. The van der Waals surface area contributed by atoms with Gasteiger partial charge >= 0.3 is 0 Å². The number of amides is 1. The Morgan fingerprint density at radius 1 is 1.08 bits per heavy atom. The molecule has 0 saturated carbocycles. The van der Waals surface area contributed by atoms with Crippen LogP contribution < -0.4 is 10.0 Å². The fourth-order valence-corrected chi connectivity index (χ4v) is 4.42. The smallest absolute Gasteiger partial charge is 0.241 e. The Hall–Kier alpha value is -2.03. The molecule has 2 rings (SSSR count). The van der Waals surface area contributed by atoms with Gasteiger partial charge in [0.1, 0.15) is 0 Å². The Bertz CT molecular complexity index is 866. The van der Waals surface area contributed by atoms with Gasteiger partial charge in [-0.2, -0.15) is 0 Å². The van der Waals surface area contributed by atoms with Crippen LogP contribution in [0.25, 0.3) is 0 Å². The Labute approximate surface area is 156 Å². The molecule has 1 amide bonds. The van der Waals surface area contributed by atoms with Gasteiger partial charge in [0.2, 0.25) is 15.9 Å². The van der Waals surface area contributed by atoms with Crippen LogP contribution in [0.4, 0.5) is 5.69 Å². The number of carbonyl (C=O) groups is 1. The second-order valence-electron chi connectivity index (χ2n) is 5.75. The van der Waals surface area contributed by atoms with E-state index < -0.39 is 26.9 Å². The molecule has 0 aliphatic rings. The van der Waals surface area contributed by atoms with E-state index in [0.29, 0.717) is 12.1 Å². The largest absolute Gasteiger partial charge is 0.326 e. The van der Waals surface area contributed by atoms with E-state index >= 15 is 0 Å². The number of carbonyl (C=O) groups excluding carboxylic acids is 1. The van der Waals surface area contributed by atoms with E-state index in [1.807, 2.05) is 6.07 Å². The monoisotopic (exact) mass is 394 g/mol. The summed E-state index contributed by atoms with van der Waals surface area (Å²) in [6.45, 7) is 1.74. The summed E-state index contributed by atoms with van der Waals surface area (Å²) in [5.74, 6) is 0.0294. The second-order valence-corrected chi connectivity index (χ2v) is 8.94. The van der Waals surface area contributed by atoms with Crippen molar-refractivity contribution in [3.63, 3.8) is 0 Å². The van der Waals surface area contributed by atoms with Crippen molar-refractivity contribution in [3.8, 4) is 0 Å². The zero-order chi connectivity index (χ0) is 19.2. The molecular weight excluding hydrogens is 372 g/mol. The second kappa shape index (κ2) is 9.07. The van der Waals surface area contributed by atoms with Crippen molar-refractivity contribution in [2.75, 3.05) is 17.3 Å². The van der Waals surface area contributed by atoms with Crippen molar-refractivity contribution in [1.82, 2.24) is 4.72 Å². The Morgan fingerprint density at radius 3 is 2.23 bits per heavy atom. The molecule has 0 aliphatic carbocycles. The quantitative estimate of drug-likeness (QED) is 0.719. The molecule has 8 heteroatoms. The van der Waals surface area contributed by atoms with Crippen LogP contribution in [-0.4, -0.2) is 30.5 Å². The van der Waals surface area contributed by atoms with Gasteiger partial charge in [0, 0.05) is 34.9 Å². The lowest BCUT2D eigenvalue weighted by Gasteiger charge is -2.18. The summed E-state index contributed by atoms with van der Waals surface area (Å²) >= 11 is 0. The Morgan fingerprint density at radius 2 is 1.69 bits per heavy atom. The van der Waals surface area contributed by atoms with Gasteiger partial charge in [0.15, 0.2) is 0 Å². The van der Waals surface area contributed by atoms with Crippen LogP contribution in [0.5, 0.6) is 0 Å². The zero-order valence-electron chi connectivity index (χ0n) is 14.6. The van der Waals surface area contributed by atoms with Crippen LogP contribution in [0.2, 0.25) is 0 Å². The minimum Gasteiger partial charge on any atom is -0.326 e. The maximum absolute atomic E-state index is 12.7. The van der Waals surface area contributed by atoms with Gasteiger partial charge in [-0.3, -0.25) is 9.00 Å². The average molecular weight is 395 g/mol. The lowest BCUT2D eigenvalue weighted by molar-refractivity contribution is -0.115. The average Bonchev–Trinajstić information content (AvgIpc) is 2.61. The van der Waals surface area contributed by atoms with E-state index in [0.717, 1.165) is 5.56 Å². The molecule has 0 bridgehead atoms. The molecule has 2 N–H and O–H groups in total. The van der Waals surface area contributed by atoms with E-state index in [2.05, 4.69) is 10.0 Å². The van der Waals surface area contributed by atoms with E-state index in [1.165, 1.54) is 30.5 Å². The van der Waals surface area contributed by atoms with Crippen LogP contribution in [0, 0.1) is 0 Å². The van der Waals surface area contributed by atoms with Gasteiger partial charge in [0.05, 0.1) is 10.9 Å². The fraction of sp³-hybridized carbons (Fsp3) is 0.278. The number of hydrogen-bond donors (Lipinski definition) is 2. The lowest BCUT2D eigenvalue weighted by Crippen LogP contribution is -2.32. The molecule has 0 aromatic heterocycles. The first-order valence-electron chi connectivity index (χ1n) is 8.09. The van der Waals surface area contributed by atoms with Crippen LogP contribution in [0.1, 0.15) is 24.9 Å². The highest BCUT2D eigenvalue weighted by Crippen LogP contribution is 2.20. The fourth-order valence-electron chi connectivity index (χ4n) is 2.34. The van der Waals surface area contributed by atoms with Gasteiger partial charge < -0.3 is 5.32 Å². The van der Waals surface area contributed by atoms with Crippen molar-refractivity contribution in [3.05, 3.63) is 60.2 Å². The van der Waals surface area contributed by atoms with Gasteiger partial charge in [-0.05, 0) is 29.8 Å². The molecule has 0 heterocycles. The number of anilines is 1. The number of hydrogen-bond acceptors (Lipinski definition) is 4. The summed E-state index contributed by atoms with van der Waals surface area (Å²) in [6.07, 6.45) is 1.88. The molecule has 0 fully saturated rings. The summed E-state index contributed by atoms with van der Waals surface area (Å²) in [4.78, 5) is 11.5. The molecule has 2 atom stereocenters. The molecule has 2 unspecified atom stereocenters. The van der Waals surface area contributed by atoms with Gasteiger partial charge in [-0.15, -0.1) is 0 Å². The summed E-state index contributed by atoms with van der Waals surface area (Å²) in [5, 5.41) is 2.67. The van der Waals surface area contributed by atoms with Crippen molar-refractivity contribution in [2.24, 2.45) is 0 Å². The van der Waals surface area contributed by atoms with Crippen molar-refractivity contribution < 1.29 is 17.4 Å². The highest BCUT2D eigenvalue weighted by Gasteiger charge is 2.22. The van der Waals surface area contributed by atoms with Crippen molar-refractivity contribution >= 4 is 32.4 Å². The van der Waals surface area contributed by atoms with Crippen LogP contribution in [0.3, 0.4) is 0 Å². The first-order valence-corrected chi connectivity index (χ1v) is 11.3. The molecule has 26 heavy (non-hydrogen) atoms. The molecule has 2 aromatic rings. The first kappa shape index (κ1) is 20.3. The zero-order valence-corrected chi connectivity index (χ0v) is 16.3. The van der Waals surface area contributed by atoms with Crippen LogP contribution in [-0.2, 0) is 25.6 Å². The molecule has 0 spiro atoms. The standard InChI is InChI=1S/C18H22N2O4S2/c1-3-18(21)19-15-9-11-16(12-10-15)26(23,24)20-17(13-25(2)22)14-7-5-4-6-8-14/h4-12,17,20H,3,13H2,1-2H3,(H,19,21). The predicted octanol–water partition coefficient (Wildman–Crippen LogP) is 2.43. The van der Waals surface area contributed by atoms with Gasteiger partial charge in [-0.25, -0.2) is 13.1 Å². The summed E-state index contributed by atoms with van der Waals surface area (Å²) < 4.78 is 39.7. The van der Waals surface area contributed by atoms with Crippen molar-refractivity contribution in [2.45, 2.75) is 24.3 Å². The number of nitrogens with one attached hydrogen (secondary N) is 2. The maximum Gasteiger partial charge on any atom is 0.241 e. The Kier molecular flexibility index (Phi) is 7.07. The minimum absolute atomic E-state index is 0.0785. The molecule has 0 saturated heterocycles. The number of rotatable bonds is 8. The third-order valence-electron chi connectivity index (χ3n) is 3.67. The SMILES string of the molecule is CCC(=O)Nc1ccc(S(=O)(=O)NC(CS(C)=O)c2ccccc2)cc1. The molecular formula is C18H22N2O4S2. The van der Waals surface area contributed by atoms with E-state index in [-0.39, 0.29) is 16.6 Å². The number of sulfonamides is 1. The first-order chi connectivity index (χ1) is 12.3. The van der Waals surface area contributed by atoms with Gasteiger partial charge in [0.25, 0.3) is 0 Å². The van der Waals surface area contributed by atoms with Crippen LogP contribution in [0.15, 0.2) is 59.5 Å². The molecule has 140 valence electrons. The van der Waals surface area contributed by atoms with E-state index in [4.69, 9.17) is 0 Å². The van der Waals surface area contributed by atoms with Crippen molar-refractivity contribution in [1.29, 1.82) is 0 Å². The summed E-state index contributed by atoms with van der Waals surface area (Å²) in [7, 11) is -4.97. The summed E-state index contributed by atoms with van der Waals surface area (Å²) in [6, 6.07) is 14.4. The van der Waals surface area contributed by atoms with E-state index in [9.17, 15) is 17.4 Å². The molecule has 2 aromatic carbocycles. The normalized spacial score (nSPS) is 13.8. The predicted molar refractivity (Wildman–Crippen MR) is 104 cm³/mol. The third kappa shape index (κ3) is 5.76. The molecule has 0 aliphatic heterocycles. The topological polar surface area (TPSA) is 92.3 Å². The minimum atomic E-state index is -3.80. The Balaban J connectivity index is 2.22. The summed E-state index contributed by atoms with van der Waals surface area (Å²) in [5.41, 5.74) is 1.28. The highest BCUT2D eigenvalue weighted by molar-refractivity contribution is 7.89. The number of benzene rings is 2. The van der Waals surface area contributed by atoms with Crippen LogP contribution >= 0.6 is 0 Å². The highest BCUT2D eigenvalue weighted by atomic mass is 32.2.